The van der Waals surface area contributed by atoms with Crippen LogP contribution in [0.1, 0.15) is 31.2 Å². The maximum atomic E-state index is 11.5. The monoisotopic (exact) mass is 526 g/mol. The lowest BCUT2D eigenvalue weighted by Crippen LogP contribution is -2.46. The topological polar surface area (TPSA) is 56.7 Å². The summed E-state index contributed by atoms with van der Waals surface area (Å²) in [6.07, 6.45) is 4.53. The first-order valence-electron chi connectivity index (χ1n) is 9.13. The fourth-order valence-corrected chi connectivity index (χ4v) is 3.75. The Balaban J connectivity index is 0.00000364. The summed E-state index contributed by atoms with van der Waals surface area (Å²) in [5.41, 5.74) is 1.11. The van der Waals surface area contributed by atoms with Crippen LogP contribution >= 0.6 is 47.2 Å². The lowest BCUT2D eigenvalue weighted by Gasteiger charge is -2.34. The number of guanidine groups is 1. The van der Waals surface area contributed by atoms with Gasteiger partial charge < -0.3 is 15.5 Å². The van der Waals surface area contributed by atoms with Crippen LogP contribution in [-0.4, -0.2) is 50.5 Å². The van der Waals surface area contributed by atoms with Crippen molar-refractivity contribution >= 4 is 59.0 Å². The van der Waals surface area contributed by atoms with E-state index in [1.807, 2.05) is 19.2 Å². The highest BCUT2D eigenvalue weighted by atomic mass is 127. The van der Waals surface area contributed by atoms with Crippen LogP contribution in [0.4, 0.5) is 0 Å². The first kappa shape index (κ1) is 24.3. The first-order valence-corrected chi connectivity index (χ1v) is 9.89. The van der Waals surface area contributed by atoms with E-state index in [1.165, 1.54) is 0 Å². The van der Waals surface area contributed by atoms with E-state index in [1.54, 1.807) is 13.1 Å². The van der Waals surface area contributed by atoms with Crippen molar-refractivity contribution in [1.29, 1.82) is 0 Å². The molecule has 2 N–H and O–H groups in total. The third-order valence-electron chi connectivity index (χ3n) is 4.80. The number of nitrogens with one attached hydrogen (secondary N) is 2. The SMILES string of the molecule is CN=C(NCCCc1ccc(Cl)cc1Cl)N1CCC(CC(=O)NC)CC1.I. The molecule has 1 fully saturated rings. The number of aryl methyl sites for hydroxylation is 1. The van der Waals surface area contributed by atoms with Crippen LogP contribution in [0.2, 0.25) is 10.0 Å². The highest BCUT2D eigenvalue weighted by molar-refractivity contribution is 14.0. The van der Waals surface area contributed by atoms with E-state index in [9.17, 15) is 4.79 Å². The van der Waals surface area contributed by atoms with Gasteiger partial charge in [0.05, 0.1) is 0 Å². The minimum Gasteiger partial charge on any atom is -0.359 e. The van der Waals surface area contributed by atoms with Crippen LogP contribution in [0.25, 0.3) is 0 Å². The molecule has 1 aromatic rings. The summed E-state index contributed by atoms with van der Waals surface area (Å²) in [5.74, 6) is 1.54. The van der Waals surface area contributed by atoms with Crippen molar-refractivity contribution < 1.29 is 4.79 Å². The molecule has 0 aromatic heterocycles. The zero-order valence-electron chi connectivity index (χ0n) is 15.9. The Kier molecular flexibility index (Phi) is 11.4. The van der Waals surface area contributed by atoms with Gasteiger partial charge in [-0.15, -0.1) is 24.0 Å². The minimum atomic E-state index is 0. The predicted molar refractivity (Wildman–Crippen MR) is 125 cm³/mol. The standard InChI is InChI=1S/C19H28Cl2N4O.HI/c1-22-18(26)12-14-7-10-25(11-8-14)19(23-2)24-9-3-4-15-5-6-16(20)13-17(15)21;/h5-6,13-14H,3-4,7-12H2,1-2H3,(H,22,26)(H,23,24);1H. The molecule has 1 aromatic carbocycles. The number of hydrogen-bond donors (Lipinski definition) is 2. The van der Waals surface area contributed by atoms with Crippen LogP contribution < -0.4 is 10.6 Å². The number of benzene rings is 1. The fraction of sp³-hybridized carbons (Fsp3) is 0.579. The van der Waals surface area contributed by atoms with E-state index in [-0.39, 0.29) is 29.9 Å². The Morgan fingerprint density at radius 1 is 1.30 bits per heavy atom. The third-order valence-corrected chi connectivity index (χ3v) is 5.39. The molecule has 1 aliphatic heterocycles. The number of carbonyl (C=O) groups is 1. The van der Waals surface area contributed by atoms with E-state index in [4.69, 9.17) is 23.2 Å². The number of hydrogen-bond acceptors (Lipinski definition) is 2. The number of carbonyl (C=O) groups excluding carboxylic acids is 1. The molecule has 0 saturated carbocycles. The van der Waals surface area contributed by atoms with Gasteiger partial charge in [-0.2, -0.15) is 0 Å². The molecule has 1 amide bonds. The molecular weight excluding hydrogens is 498 g/mol. The van der Waals surface area contributed by atoms with Gasteiger partial charge in [0, 0.05) is 50.2 Å². The number of nitrogens with zero attached hydrogens (tertiary/aromatic N) is 2. The first-order chi connectivity index (χ1) is 12.5. The molecular formula is C19H29Cl2IN4O. The number of rotatable bonds is 6. The normalized spacial score (nSPS) is 15.3. The van der Waals surface area contributed by atoms with Crippen LogP contribution in [0.3, 0.4) is 0 Å². The Bertz CT molecular complexity index is 634. The van der Waals surface area contributed by atoms with E-state index in [0.29, 0.717) is 17.4 Å². The molecule has 1 aliphatic rings. The van der Waals surface area contributed by atoms with E-state index in [0.717, 1.165) is 61.9 Å². The third kappa shape index (κ3) is 8.03. The lowest BCUT2D eigenvalue weighted by atomic mass is 9.93. The molecule has 0 aliphatic carbocycles. The smallest absolute Gasteiger partial charge is 0.220 e. The van der Waals surface area contributed by atoms with Gasteiger partial charge >= 0.3 is 0 Å². The molecule has 0 spiro atoms. The van der Waals surface area contributed by atoms with Gasteiger partial charge in [-0.1, -0.05) is 29.3 Å². The molecule has 8 heteroatoms. The minimum absolute atomic E-state index is 0. The van der Waals surface area contributed by atoms with Crippen LogP contribution in [0.15, 0.2) is 23.2 Å². The Morgan fingerprint density at radius 3 is 2.59 bits per heavy atom. The second-order valence-electron chi connectivity index (χ2n) is 6.62. The number of likely N-dealkylation sites (tertiary alicyclic amines) is 1. The van der Waals surface area contributed by atoms with Gasteiger partial charge in [0.25, 0.3) is 0 Å². The summed E-state index contributed by atoms with van der Waals surface area (Å²) in [6.45, 7) is 2.71. The molecule has 1 heterocycles. The average Bonchev–Trinajstić information content (AvgIpc) is 2.64. The second kappa shape index (κ2) is 12.7. The predicted octanol–water partition coefficient (Wildman–Crippen LogP) is 3.97. The fourth-order valence-electron chi connectivity index (χ4n) is 3.25. The van der Waals surface area contributed by atoms with Gasteiger partial charge in [0.1, 0.15) is 0 Å². The number of piperidine rings is 1. The molecule has 27 heavy (non-hydrogen) atoms. The summed E-state index contributed by atoms with van der Waals surface area (Å²) in [6, 6.07) is 5.64. The summed E-state index contributed by atoms with van der Waals surface area (Å²) in [5, 5.41) is 7.53. The van der Waals surface area contributed by atoms with Crippen molar-refractivity contribution in [3.05, 3.63) is 33.8 Å². The molecule has 152 valence electrons. The largest absolute Gasteiger partial charge is 0.359 e. The molecule has 0 bridgehead atoms. The van der Waals surface area contributed by atoms with Gasteiger partial charge in [-0.25, -0.2) is 0 Å². The van der Waals surface area contributed by atoms with Crippen molar-refractivity contribution in [2.24, 2.45) is 10.9 Å². The number of amides is 1. The average molecular weight is 527 g/mol. The van der Waals surface area contributed by atoms with Gasteiger partial charge in [-0.05, 0) is 49.3 Å². The molecule has 5 nitrogen and oxygen atoms in total. The molecule has 2 rings (SSSR count). The number of aliphatic imine (C=N–C) groups is 1. The quantitative estimate of drug-likeness (QED) is 0.255. The molecule has 1 saturated heterocycles. The number of halogens is 3. The lowest BCUT2D eigenvalue weighted by molar-refractivity contribution is -0.121. The Labute approximate surface area is 189 Å². The summed E-state index contributed by atoms with van der Waals surface area (Å²) in [7, 11) is 3.51. The van der Waals surface area contributed by atoms with Crippen LogP contribution in [0, 0.1) is 5.92 Å². The van der Waals surface area contributed by atoms with Gasteiger partial charge in [-0.3, -0.25) is 9.79 Å². The highest BCUT2D eigenvalue weighted by Gasteiger charge is 2.22. The van der Waals surface area contributed by atoms with Crippen molar-refractivity contribution in [2.75, 3.05) is 33.7 Å². The molecule has 0 atom stereocenters. The maximum absolute atomic E-state index is 11.5. The summed E-state index contributed by atoms with van der Waals surface area (Å²) < 4.78 is 0. The maximum Gasteiger partial charge on any atom is 0.220 e. The van der Waals surface area contributed by atoms with Crippen molar-refractivity contribution in [3.8, 4) is 0 Å². The zero-order valence-corrected chi connectivity index (χ0v) is 19.8. The van der Waals surface area contributed by atoms with Crippen molar-refractivity contribution in [1.82, 2.24) is 15.5 Å². The summed E-state index contributed by atoms with van der Waals surface area (Å²) >= 11 is 12.1. The molecule has 0 unspecified atom stereocenters. The second-order valence-corrected chi connectivity index (χ2v) is 7.46. The van der Waals surface area contributed by atoms with Crippen LogP contribution in [0.5, 0.6) is 0 Å². The summed E-state index contributed by atoms with van der Waals surface area (Å²) in [4.78, 5) is 18.2. The van der Waals surface area contributed by atoms with Crippen LogP contribution in [-0.2, 0) is 11.2 Å². The van der Waals surface area contributed by atoms with Gasteiger partial charge in [0.2, 0.25) is 5.91 Å². The zero-order chi connectivity index (χ0) is 18.9. The van der Waals surface area contributed by atoms with Crippen molar-refractivity contribution in [3.63, 3.8) is 0 Å². The Hall–Kier alpha value is -0.730. The van der Waals surface area contributed by atoms with E-state index >= 15 is 0 Å². The van der Waals surface area contributed by atoms with E-state index in [2.05, 4.69) is 20.5 Å². The van der Waals surface area contributed by atoms with E-state index < -0.39 is 0 Å². The van der Waals surface area contributed by atoms with Gasteiger partial charge in [0.15, 0.2) is 5.96 Å². The molecule has 0 radical (unpaired) electrons. The Morgan fingerprint density at radius 2 is 2.00 bits per heavy atom. The van der Waals surface area contributed by atoms with Crippen molar-refractivity contribution in [2.45, 2.75) is 32.1 Å². The highest BCUT2D eigenvalue weighted by Crippen LogP contribution is 2.22.